The van der Waals surface area contributed by atoms with E-state index in [-0.39, 0.29) is 6.10 Å². The van der Waals surface area contributed by atoms with Gasteiger partial charge in [0.2, 0.25) is 0 Å². The largest absolute Gasteiger partial charge is 0.391 e. The smallest absolute Gasteiger partial charge is 0.0723 e. The molecular weight excluding hydrogens is 210 g/mol. The molecule has 17 heavy (non-hydrogen) atoms. The lowest BCUT2D eigenvalue weighted by Crippen LogP contribution is -2.48. The minimum absolute atomic E-state index is 0.127. The normalized spacial score (nSPS) is 26.1. The molecule has 0 spiro atoms. The molecule has 0 heterocycles. The third kappa shape index (κ3) is 3.45. The molecule has 100 valence electrons. The minimum Gasteiger partial charge on any atom is -0.391 e. The van der Waals surface area contributed by atoms with Crippen LogP contribution in [-0.4, -0.2) is 23.8 Å². The summed E-state index contributed by atoms with van der Waals surface area (Å²) in [6.45, 7) is 5.58. The quantitative estimate of drug-likeness (QED) is 0.747. The zero-order valence-corrected chi connectivity index (χ0v) is 11.5. The number of aliphatic hydroxyl groups excluding tert-OH is 1. The van der Waals surface area contributed by atoms with E-state index in [1.807, 2.05) is 0 Å². The SMILES string of the molecule is CC(C)C(NCC1CCC1)C(O)C1CCCC1. The molecule has 2 atom stereocenters. The number of aliphatic hydroxyl groups is 1. The summed E-state index contributed by atoms with van der Waals surface area (Å²) in [4.78, 5) is 0. The van der Waals surface area contributed by atoms with Gasteiger partial charge < -0.3 is 10.4 Å². The van der Waals surface area contributed by atoms with Gasteiger partial charge in [-0.1, -0.05) is 33.1 Å². The van der Waals surface area contributed by atoms with Gasteiger partial charge in [-0.15, -0.1) is 0 Å². The van der Waals surface area contributed by atoms with Crippen LogP contribution in [0.2, 0.25) is 0 Å². The first kappa shape index (κ1) is 13.4. The van der Waals surface area contributed by atoms with Gasteiger partial charge in [-0.2, -0.15) is 0 Å². The van der Waals surface area contributed by atoms with Crippen molar-refractivity contribution in [2.75, 3.05) is 6.54 Å². The van der Waals surface area contributed by atoms with E-state index in [1.54, 1.807) is 0 Å². The lowest BCUT2D eigenvalue weighted by molar-refractivity contribution is 0.0497. The van der Waals surface area contributed by atoms with E-state index in [9.17, 15) is 5.11 Å². The van der Waals surface area contributed by atoms with E-state index in [2.05, 4.69) is 19.2 Å². The molecule has 2 aliphatic carbocycles. The van der Waals surface area contributed by atoms with Gasteiger partial charge in [-0.05, 0) is 50.0 Å². The number of rotatable bonds is 6. The van der Waals surface area contributed by atoms with E-state index < -0.39 is 0 Å². The molecule has 0 aromatic heterocycles. The highest BCUT2D eigenvalue weighted by atomic mass is 16.3. The number of hydrogen-bond donors (Lipinski definition) is 2. The van der Waals surface area contributed by atoms with Crippen LogP contribution in [0.15, 0.2) is 0 Å². The molecule has 2 unspecified atom stereocenters. The van der Waals surface area contributed by atoms with Crippen molar-refractivity contribution in [3.05, 3.63) is 0 Å². The minimum atomic E-state index is -0.127. The van der Waals surface area contributed by atoms with Gasteiger partial charge in [0.05, 0.1) is 6.10 Å². The van der Waals surface area contributed by atoms with Gasteiger partial charge in [0.25, 0.3) is 0 Å². The molecule has 0 bridgehead atoms. The summed E-state index contributed by atoms with van der Waals surface area (Å²) in [5.41, 5.74) is 0. The van der Waals surface area contributed by atoms with Crippen LogP contribution in [0.5, 0.6) is 0 Å². The second-order valence-corrected chi connectivity index (χ2v) is 6.51. The summed E-state index contributed by atoms with van der Waals surface area (Å²) in [6, 6.07) is 0.304. The van der Waals surface area contributed by atoms with Crippen molar-refractivity contribution >= 4 is 0 Å². The van der Waals surface area contributed by atoms with Crippen LogP contribution in [0.4, 0.5) is 0 Å². The molecule has 0 saturated heterocycles. The Morgan fingerprint density at radius 2 is 1.71 bits per heavy atom. The van der Waals surface area contributed by atoms with Crippen LogP contribution in [0, 0.1) is 17.8 Å². The van der Waals surface area contributed by atoms with Crippen molar-refractivity contribution in [2.45, 2.75) is 70.9 Å². The standard InChI is InChI=1S/C15H29NO/c1-11(2)14(16-10-12-6-5-7-12)15(17)13-8-3-4-9-13/h11-17H,3-10H2,1-2H3. The number of hydrogen-bond acceptors (Lipinski definition) is 2. The molecule has 2 fully saturated rings. The lowest BCUT2D eigenvalue weighted by atomic mass is 9.83. The van der Waals surface area contributed by atoms with Gasteiger partial charge in [0, 0.05) is 6.04 Å². The average Bonchev–Trinajstić information content (AvgIpc) is 2.73. The summed E-state index contributed by atoms with van der Waals surface area (Å²) in [7, 11) is 0. The van der Waals surface area contributed by atoms with Gasteiger partial charge in [0.15, 0.2) is 0 Å². The van der Waals surface area contributed by atoms with Gasteiger partial charge >= 0.3 is 0 Å². The molecule has 2 N–H and O–H groups in total. The lowest BCUT2D eigenvalue weighted by Gasteiger charge is -2.34. The average molecular weight is 239 g/mol. The highest BCUT2D eigenvalue weighted by Gasteiger charge is 2.32. The second-order valence-electron chi connectivity index (χ2n) is 6.51. The summed E-state index contributed by atoms with van der Waals surface area (Å²) >= 11 is 0. The predicted molar refractivity (Wildman–Crippen MR) is 71.9 cm³/mol. The Morgan fingerprint density at radius 3 is 2.18 bits per heavy atom. The zero-order valence-electron chi connectivity index (χ0n) is 11.5. The maximum atomic E-state index is 10.5. The molecule has 0 aromatic carbocycles. The fourth-order valence-corrected chi connectivity index (χ4v) is 3.34. The monoisotopic (exact) mass is 239 g/mol. The molecule has 2 heteroatoms. The van der Waals surface area contributed by atoms with E-state index >= 15 is 0 Å². The predicted octanol–water partition coefficient (Wildman–Crippen LogP) is 2.95. The fourth-order valence-electron chi connectivity index (χ4n) is 3.34. The van der Waals surface area contributed by atoms with Crippen molar-refractivity contribution in [1.82, 2.24) is 5.32 Å². The van der Waals surface area contributed by atoms with E-state index in [1.165, 1.54) is 44.9 Å². The van der Waals surface area contributed by atoms with E-state index in [0.717, 1.165) is 12.5 Å². The van der Waals surface area contributed by atoms with Crippen molar-refractivity contribution < 1.29 is 5.11 Å². The Kier molecular flexibility index (Phi) is 4.87. The maximum Gasteiger partial charge on any atom is 0.0723 e. The second kappa shape index (κ2) is 6.19. The Hall–Kier alpha value is -0.0800. The maximum absolute atomic E-state index is 10.5. The highest BCUT2D eigenvalue weighted by molar-refractivity contribution is 4.87. The van der Waals surface area contributed by atoms with E-state index in [4.69, 9.17) is 0 Å². The van der Waals surface area contributed by atoms with Crippen LogP contribution >= 0.6 is 0 Å². The van der Waals surface area contributed by atoms with Crippen LogP contribution in [0.25, 0.3) is 0 Å². The first-order chi connectivity index (χ1) is 8.18. The Labute approximate surface area is 106 Å². The molecular formula is C15H29NO. The number of nitrogens with one attached hydrogen (secondary N) is 1. The third-order valence-corrected chi connectivity index (χ3v) is 4.84. The van der Waals surface area contributed by atoms with Crippen LogP contribution in [0.1, 0.15) is 58.8 Å². The summed E-state index contributed by atoms with van der Waals surface area (Å²) in [6.07, 6.45) is 9.14. The van der Waals surface area contributed by atoms with Gasteiger partial charge in [-0.3, -0.25) is 0 Å². The topological polar surface area (TPSA) is 32.3 Å². The Balaban J connectivity index is 1.81. The first-order valence-corrected chi connectivity index (χ1v) is 7.60. The summed E-state index contributed by atoms with van der Waals surface area (Å²) in [5, 5.41) is 14.2. The molecule has 2 nitrogen and oxygen atoms in total. The van der Waals surface area contributed by atoms with Crippen LogP contribution in [0.3, 0.4) is 0 Å². The Bertz CT molecular complexity index is 219. The van der Waals surface area contributed by atoms with Crippen molar-refractivity contribution in [2.24, 2.45) is 17.8 Å². The first-order valence-electron chi connectivity index (χ1n) is 7.60. The zero-order chi connectivity index (χ0) is 12.3. The molecule has 0 radical (unpaired) electrons. The van der Waals surface area contributed by atoms with Crippen LogP contribution in [-0.2, 0) is 0 Å². The molecule has 0 aliphatic heterocycles. The van der Waals surface area contributed by atoms with Crippen LogP contribution < -0.4 is 5.32 Å². The van der Waals surface area contributed by atoms with Crippen molar-refractivity contribution in [3.63, 3.8) is 0 Å². The Morgan fingerprint density at radius 1 is 1.06 bits per heavy atom. The van der Waals surface area contributed by atoms with E-state index in [0.29, 0.717) is 17.9 Å². The van der Waals surface area contributed by atoms with Gasteiger partial charge in [0.1, 0.15) is 0 Å². The molecule has 2 saturated carbocycles. The summed E-state index contributed by atoms with van der Waals surface area (Å²) < 4.78 is 0. The molecule has 2 aliphatic rings. The third-order valence-electron chi connectivity index (χ3n) is 4.84. The molecule has 2 rings (SSSR count). The highest BCUT2D eigenvalue weighted by Crippen LogP contribution is 2.31. The molecule has 0 aromatic rings. The fraction of sp³-hybridized carbons (Fsp3) is 1.00. The van der Waals surface area contributed by atoms with Crippen molar-refractivity contribution in [1.29, 1.82) is 0 Å². The van der Waals surface area contributed by atoms with Crippen molar-refractivity contribution in [3.8, 4) is 0 Å². The summed E-state index contributed by atoms with van der Waals surface area (Å²) in [5.74, 6) is 1.97. The molecule has 0 amide bonds. The van der Waals surface area contributed by atoms with Gasteiger partial charge in [-0.25, -0.2) is 0 Å².